The molecule has 21 heavy (non-hydrogen) atoms. The summed E-state index contributed by atoms with van der Waals surface area (Å²) in [5.41, 5.74) is 1.17. The maximum absolute atomic E-state index is 13.6. The van der Waals surface area contributed by atoms with Gasteiger partial charge in [0.25, 0.3) is 0 Å². The molecule has 0 aliphatic heterocycles. The number of benzene rings is 2. The molecule has 0 N–H and O–H groups in total. The van der Waals surface area contributed by atoms with Gasteiger partial charge in [-0.05, 0) is 42.8 Å². The second-order valence-corrected chi connectivity index (χ2v) is 5.39. The van der Waals surface area contributed by atoms with Gasteiger partial charge in [-0.15, -0.1) is 0 Å². The van der Waals surface area contributed by atoms with Gasteiger partial charge in [-0.1, -0.05) is 22.0 Å². The first-order valence-electron chi connectivity index (χ1n) is 6.27. The first-order valence-corrected chi connectivity index (χ1v) is 7.06. The van der Waals surface area contributed by atoms with Crippen molar-refractivity contribution in [2.45, 2.75) is 6.92 Å². The van der Waals surface area contributed by atoms with E-state index in [1.807, 2.05) is 19.1 Å². The first kappa shape index (κ1) is 15.5. The molecule has 5 heteroatoms. The van der Waals surface area contributed by atoms with Crippen molar-refractivity contribution < 1.29 is 18.7 Å². The van der Waals surface area contributed by atoms with Crippen LogP contribution in [0.4, 0.5) is 4.39 Å². The molecule has 0 spiro atoms. The number of methoxy groups -OCH3 is 1. The number of carbonyl (C=O) groups is 1. The molecule has 0 radical (unpaired) electrons. The molecule has 2 rings (SSSR count). The van der Waals surface area contributed by atoms with Crippen molar-refractivity contribution in [2.75, 3.05) is 13.7 Å². The Hall–Kier alpha value is -1.88. The summed E-state index contributed by atoms with van der Waals surface area (Å²) in [5.74, 6) is -0.139. The fraction of sp³-hybridized carbons (Fsp3) is 0.188. The number of rotatable bonds is 5. The van der Waals surface area contributed by atoms with Crippen molar-refractivity contribution in [3.8, 4) is 11.5 Å². The number of Topliss-reactive ketones (excluding diaryl/α,β-unsaturated/α-hetero) is 1. The number of aryl methyl sites for hydroxylation is 1. The van der Waals surface area contributed by atoms with Gasteiger partial charge < -0.3 is 9.47 Å². The number of ketones is 1. The second kappa shape index (κ2) is 6.72. The summed E-state index contributed by atoms with van der Waals surface area (Å²) in [6.07, 6.45) is 0. The smallest absolute Gasteiger partial charge is 0.200 e. The summed E-state index contributed by atoms with van der Waals surface area (Å²) in [5, 5.41) is 0. The topological polar surface area (TPSA) is 35.5 Å². The van der Waals surface area contributed by atoms with E-state index in [4.69, 9.17) is 9.47 Å². The predicted octanol–water partition coefficient (Wildman–Crippen LogP) is 4.17. The Kier molecular flexibility index (Phi) is 4.96. The van der Waals surface area contributed by atoms with Gasteiger partial charge in [0, 0.05) is 10.0 Å². The average Bonchev–Trinajstić information content (AvgIpc) is 2.47. The molecule has 0 saturated carbocycles. The maximum Gasteiger partial charge on any atom is 0.200 e. The van der Waals surface area contributed by atoms with Crippen LogP contribution in [0.2, 0.25) is 0 Å². The monoisotopic (exact) mass is 352 g/mol. The molecular formula is C16H14BrFO3. The van der Waals surface area contributed by atoms with E-state index in [2.05, 4.69) is 15.9 Å². The predicted molar refractivity (Wildman–Crippen MR) is 81.7 cm³/mol. The van der Waals surface area contributed by atoms with Crippen LogP contribution < -0.4 is 9.47 Å². The summed E-state index contributed by atoms with van der Waals surface area (Å²) in [6, 6.07) is 9.66. The lowest BCUT2D eigenvalue weighted by Crippen LogP contribution is -2.12. The van der Waals surface area contributed by atoms with Gasteiger partial charge in [0.05, 0.1) is 7.11 Å². The Labute approximate surface area is 130 Å². The van der Waals surface area contributed by atoms with E-state index in [-0.39, 0.29) is 23.7 Å². The maximum atomic E-state index is 13.6. The van der Waals surface area contributed by atoms with E-state index < -0.39 is 5.82 Å². The Morgan fingerprint density at radius 1 is 1.19 bits per heavy atom. The zero-order chi connectivity index (χ0) is 15.4. The van der Waals surface area contributed by atoms with Crippen molar-refractivity contribution in [3.63, 3.8) is 0 Å². The summed E-state index contributed by atoms with van der Waals surface area (Å²) in [6.45, 7) is 1.74. The fourth-order valence-electron chi connectivity index (χ4n) is 1.80. The number of carbonyl (C=O) groups excluding carboxylic acids is 1. The molecule has 0 aromatic heterocycles. The first-order chi connectivity index (χ1) is 10.0. The molecule has 0 atom stereocenters. The lowest BCUT2D eigenvalue weighted by atomic mass is 10.1. The lowest BCUT2D eigenvalue weighted by molar-refractivity contribution is 0.0920. The van der Waals surface area contributed by atoms with Crippen LogP contribution in [0.5, 0.6) is 11.5 Å². The highest BCUT2D eigenvalue weighted by Gasteiger charge is 2.11. The minimum atomic E-state index is -0.568. The van der Waals surface area contributed by atoms with Crippen LogP contribution in [-0.4, -0.2) is 19.5 Å². The van der Waals surface area contributed by atoms with Crippen LogP contribution in [0.1, 0.15) is 15.9 Å². The average molecular weight is 353 g/mol. The summed E-state index contributed by atoms with van der Waals surface area (Å²) in [4.78, 5) is 12.0. The molecule has 110 valence electrons. The minimum absolute atomic E-state index is 0.107. The second-order valence-electron chi connectivity index (χ2n) is 4.47. The number of hydrogen-bond acceptors (Lipinski definition) is 3. The third-order valence-corrected chi connectivity index (χ3v) is 3.48. The SMILES string of the molecule is COc1ccc(C(=O)COc2cc(Br)ccc2C)cc1F. The molecule has 2 aromatic rings. The van der Waals surface area contributed by atoms with Crippen LogP contribution >= 0.6 is 15.9 Å². The third-order valence-electron chi connectivity index (χ3n) is 2.98. The lowest BCUT2D eigenvalue weighted by Gasteiger charge is -2.09. The molecule has 0 saturated heterocycles. The summed E-state index contributed by atoms with van der Waals surface area (Å²) in [7, 11) is 1.37. The van der Waals surface area contributed by atoms with Gasteiger partial charge in [0.15, 0.2) is 24.0 Å². The molecular weight excluding hydrogens is 339 g/mol. The van der Waals surface area contributed by atoms with E-state index >= 15 is 0 Å². The van der Waals surface area contributed by atoms with Crippen LogP contribution in [-0.2, 0) is 0 Å². The van der Waals surface area contributed by atoms with Gasteiger partial charge >= 0.3 is 0 Å². The van der Waals surface area contributed by atoms with Gasteiger partial charge in [0.2, 0.25) is 0 Å². The van der Waals surface area contributed by atoms with Crippen molar-refractivity contribution in [1.29, 1.82) is 0 Å². The highest BCUT2D eigenvalue weighted by molar-refractivity contribution is 9.10. The Balaban J connectivity index is 2.08. The van der Waals surface area contributed by atoms with Gasteiger partial charge in [0.1, 0.15) is 5.75 Å². The highest BCUT2D eigenvalue weighted by atomic mass is 79.9. The molecule has 0 aliphatic rings. The van der Waals surface area contributed by atoms with Crippen LogP contribution in [0.3, 0.4) is 0 Å². The van der Waals surface area contributed by atoms with Gasteiger partial charge in [-0.25, -0.2) is 4.39 Å². The molecule has 0 bridgehead atoms. The van der Waals surface area contributed by atoms with Crippen LogP contribution in [0, 0.1) is 12.7 Å². The molecule has 3 nitrogen and oxygen atoms in total. The van der Waals surface area contributed by atoms with E-state index in [1.165, 1.54) is 19.2 Å². The quantitative estimate of drug-likeness (QED) is 0.757. The molecule has 0 amide bonds. The van der Waals surface area contributed by atoms with Gasteiger partial charge in [-0.2, -0.15) is 0 Å². The zero-order valence-electron chi connectivity index (χ0n) is 11.7. The zero-order valence-corrected chi connectivity index (χ0v) is 13.2. The Morgan fingerprint density at radius 3 is 2.62 bits per heavy atom. The largest absolute Gasteiger partial charge is 0.494 e. The van der Waals surface area contributed by atoms with Crippen LogP contribution in [0.15, 0.2) is 40.9 Å². The Morgan fingerprint density at radius 2 is 1.95 bits per heavy atom. The standard InChI is InChI=1S/C16H14BrFO3/c1-10-3-5-12(17)8-16(10)21-9-14(19)11-4-6-15(20-2)13(18)7-11/h3-8H,9H2,1-2H3. The van der Waals surface area contributed by atoms with Crippen molar-refractivity contribution in [2.24, 2.45) is 0 Å². The van der Waals surface area contributed by atoms with Crippen molar-refractivity contribution in [3.05, 3.63) is 57.8 Å². The Bertz CT molecular complexity index is 671. The van der Waals surface area contributed by atoms with Crippen molar-refractivity contribution in [1.82, 2.24) is 0 Å². The third kappa shape index (κ3) is 3.82. The van der Waals surface area contributed by atoms with E-state index in [9.17, 15) is 9.18 Å². The van der Waals surface area contributed by atoms with E-state index in [0.29, 0.717) is 5.75 Å². The van der Waals surface area contributed by atoms with Crippen LogP contribution in [0.25, 0.3) is 0 Å². The molecule has 0 aliphatic carbocycles. The molecule has 0 fully saturated rings. The fourth-order valence-corrected chi connectivity index (χ4v) is 2.14. The highest BCUT2D eigenvalue weighted by Crippen LogP contribution is 2.23. The summed E-state index contributed by atoms with van der Waals surface area (Å²) >= 11 is 3.35. The molecule has 0 unspecified atom stereocenters. The van der Waals surface area contributed by atoms with E-state index in [1.54, 1.807) is 6.07 Å². The molecule has 2 aromatic carbocycles. The number of halogens is 2. The van der Waals surface area contributed by atoms with Crippen molar-refractivity contribution >= 4 is 21.7 Å². The summed E-state index contributed by atoms with van der Waals surface area (Å²) < 4.78 is 24.7. The molecule has 0 heterocycles. The number of hydrogen-bond donors (Lipinski definition) is 0. The normalized spacial score (nSPS) is 10.3. The number of ether oxygens (including phenoxy) is 2. The van der Waals surface area contributed by atoms with Gasteiger partial charge in [-0.3, -0.25) is 4.79 Å². The van der Waals surface area contributed by atoms with E-state index in [0.717, 1.165) is 16.1 Å². The minimum Gasteiger partial charge on any atom is -0.494 e.